The molecule has 0 spiro atoms. The summed E-state index contributed by atoms with van der Waals surface area (Å²) in [7, 11) is 1.75. The quantitative estimate of drug-likeness (QED) is 0.869. The van der Waals surface area contributed by atoms with Gasteiger partial charge in [0.05, 0.1) is 17.1 Å². The van der Waals surface area contributed by atoms with Crippen LogP contribution in [0.2, 0.25) is 0 Å². The molecular formula is C11H15N3O3S. The summed E-state index contributed by atoms with van der Waals surface area (Å²) < 4.78 is 1.59. The maximum atomic E-state index is 12.4. The number of hydrogen-bond acceptors (Lipinski definition) is 4. The average molecular weight is 269 g/mol. The summed E-state index contributed by atoms with van der Waals surface area (Å²) in [5.74, 6) is -0.316. The molecule has 1 aromatic rings. The van der Waals surface area contributed by atoms with Crippen LogP contribution in [-0.4, -0.2) is 49.3 Å². The van der Waals surface area contributed by atoms with E-state index in [1.165, 1.54) is 16.7 Å². The van der Waals surface area contributed by atoms with Crippen LogP contribution < -0.4 is 0 Å². The summed E-state index contributed by atoms with van der Waals surface area (Å²) in [4.78, 5) is 24.8. The largest absolute Gasteiger partial charge is 0.480 e. The Morgan fingerprint density at radius 2 is 2.33 bits per heavy atom. The van der Waals surface area contributed by atoms with Gasteiger partial charge in [0, 0.05) is 19.0 Å². The minimum absolute atomic E-state index is 0.239. The van der Waals surface area contributed by atoms with Crippen molar-refractivity contribution in [1.29, 1.82) is 0 Å². The highest BCUT2D eigenvalue weighted by molar-refractivity contribution is 7.99. The molecule has 1 aromatic heterocycles. The third-order valence-electron chi connectivity index (χ3n) is 2.90. The molecule has 1 N–H and O–H groups in total. The molecule has 18 heavy (non-hydrogen) atoms. The Hall–Kier alpha value is -1.50. The van der Waals surface area contributed by atoms with Crippen LogP contribution in [0.1, 0.15) is 23.0 Å². The first-order valence-electron chi connectivity index (χ1n) is 5.68. The molecule has 1 aliphatic rings. The zero-order chi connectivity index (χ0) is 13.3. The standard InChI is InChI=1S/C11H15N3O3S/c1-3-8-7(4-13(2)12-8)10(15)14-6-18-5-9(14)11(16)17/h4,9H,3,5-6H2,1-2H3,(H,16,17)/t9-/m0/s1. The highest BCUT2D eigenvalue weighted by Crippen LogP contribution is 2.24. The highest BCUT2D eigenvalue weighted by Gasteiger charge is 2.36. The van der Waals surface area contributed by atoms with Crippen molar-refractivity contribution in [2.24, 2.45) is 7.05 Å². The van der Waals surface area contributed by atoms with Gasteiger partial charge in [0.1, 0.15) is 6.04 Å². The number of amides is 1. The normalized spacial score (nSPS) is 19.2. The number of aromatic nitrogens is 2. The second-order valence-electron chi connectivity index (χ2n) is 4.15. The van der Waals surface area contributed by atoms with E-state index in [-0.39, 0.29) is 5.91 Å². The fourth-order valence-electron chi connectivity index (χ4n) is 1.98. The zero-order valence-electron chi connectivity index (χ0n) is 10.3. The number of carboxylic acid groups (broad SMARTS) is 1. The van der Waals surface area contributed by atoms with Crippen molar-refractivity contribution in [3.05, 3.63) is 17.5 Å². The predicted molar refractivity (Wildman–Crippen MR) is 67.5 cm³/mol. The van der Waals surface area contributed by atoms with Gasteiger partial charge in [0.2, 0.25) is 0 Å². The molecule has 0 aliphatic carbocycles. The van der Waals surface area contributed by atoms with Gasteiger partial charge in [-0.1, -0.05) is 6.92 Å². The number of hydrogen-bond donors (Lipinski definition) is 1. The summed E-state index contributed by atoms with van der Waals surface area (Å²) in [5.41, 5.74) is 1.22. The fourth-order valence-corrected chi connectivity index (χ4v) is 3.12. The maximum Gasteiger partial charge on any atom is 0.327 e. The van der Waals surface area contributed by atoms with E-state index in [9.17, 15) is 9.59 Å². The molecule has 6 nitrogen and oxygen atoms in total. The first kappa shape index (κ1) is 12.9. The minimum atomic E-state index is -0.949. The number of carbonyl (C=O) groups excluding carboxylic acids is 1. The number of carbonyl (C=O) groups is 2. The summed E-state index contributed by atoms with van der Waals surface area (Å²) >= 11 is 1.46. The van der Waals surface area contributed by atoms with Gasteiger partial charge in [-0.3, -0.25) is 9.48 Å². The molecule has 7 heteroatoms. The molecular weight excluding hydrogens is 254 g/mol. The van der Waals surface area contributed by atoms with Crippen LogP contribution in [0.3, 0.4) is 0 Å². The summed E-state index contributed by atoms with van der Waals surface area (Å²) in [6, 6.07) is -0.729. The van der Waals surface area contributed by atoms with Gasteiger partial charge >= 0.3 is 5.97 Å². The van der Waals surface area contributed by atoms with Gasteiger partial charge in [-0.05, 0) is 6.42 Å². The zero-order valence-corrected chi connectivity index (χ0v) is 11.1. The van der Waals surface area contributed by atoms with Crippen LogP contribution in [-0.2, 0) is 18.3 Å². The molecule has 2 rings (SSSR count). The molecule has 0 aromatic carbocycles. The topological polar surface area (TPSA) is 75.4 Å². The molecule has 0 bridgehead atoms. The van der Waals surface area contributed by atoms with Crippen LogP contribution in [0.25, 0.3) is 0 Å². The maximum absolute atomic E-state index is 12.4. The van der Waals surface area contributed by atoms with E-state index in [0.29, 0.717) is 29.3 Å². The lowest BCUT2D eigenvalue weighted by Gasteiger charge is -2.20. The van der Waals surface area contributed by atoms with Crippen molar-refractivity contribution in [3.8, 4) is 0 Å². The second kappa shape index (κ2) is 5.01. The summed E-state index contributed by atoms with van der Waals surface area (Å²) in [6.07, 6.45) is 2.31. The van der Waals surface area contributed by atoms with Gasteiger partial charge in [0.15, 0.2) is 0 Å². The molecule has 1 fully saturated rings. The Morgan fingerprint density at radius 3 is 2.94 bits per heavy atom. The first-order valence-corrected chi connectivity index (χ1v) is 6.84. The van der Waals surface area contributed by atoms with Crippen molar-refractivity contribution < 1.29 is 14.7 Å². The van der Waals surface area contributed by atoms with Crippen molar-refractivity contribution in [2.45, 2.75) is 19.4 Å². The number of aliphatic carboxylic acids is 1. The molecule has 1 saturated heterocycles. The Balaban J connectivity index is 2.27. The molecule has 1 atom stereocenters. The number of aryl methyl sites for hydroxylation is 2. The number of rotatable bonds is 3. The Bertz CT molecular complexity index is 486. The van der Waals surface area contributed by atoms with Gasteiger partial charge in [-0.15, -0.1) is 11.8 Å². The lowest BCUT2D eigenvalue weighted by molar-refractivity contribution is -0.140. The van der Waals surface area contributed by atoms with E-state index in [2.05, 4.69) is 5.10 Å². The van der Waals surface area contributed by atoms with E-state index < -0.39 is 12.0 Å². The highest BCUT2D eigenvalue weighted by atomic mass is 32.2. The van der Waals surface area contributed by atoms with Crippen molar-refractivity contribution in [3.63, 3.8) is 0 Å². The monoisotopic (exact) mass is 269 g/mol. The summed E-state index contributed by atoms with van der Waals surface area (Å²) in [6.45, 7) is 1.92. The van der Waals surface area contributed by atoms with E-state index in [1.54, 1.807) is 17.9 Å². The fraction of sp³-hybridized carbons (Fsp3) is 0.545. The number of carboxylic acids is 1. The van der Waals surface area contributed by atoms with Crippen LogP contribution >= 0.6 is 11.8 Å². The second-order valence-corrected chi connectivity index (χ2v) is 5.15. The van der Waals surface area contributed by atoms with E-state index in [0.717, 1.165) is 0 Å². The molecule has 2 heterocycles. The van der Waals surface area contributed by atoms with Crippen molar-refractivity contribution in [2.75, 3.05) is 11.6 Å². The molecule has 0 saturated carbocycles. The predicted octanol–water partition coefficient (Wildman–Crippen LogP) is 0.582. The van der Waals surface area contributed by atoms with Crippen LogP contribution in [0.4, 0.5) is 0 Å². The van der Waals surface area contributed by atoms with Gasteiger partial charge in [-0.2, -0.15) is 5.10 Å². The van der Waals surface area contributed by atoms with Gasteiger partial charge in [0.25, 0.3) is 5.91 Å². The van der Waals surface area contributed by atoms with Gasteiger partial charge < -0.3 is 10.0 Å². The molecule has 98 valence electrons. The number of nitrogens with zero attached hydrogens (tertiary/aromatic N) is 3. The van der Waals surface area contributed by atoms with E-state index in [4.69, 9.17) is 5.11 Å². The lowest BCUT2D eigenvalue weighted by atomic mass is 10.1. The van der Waals surface area contributed by atoms with E-state index in [1.807, 2.05) is 6.92 Å². The van der Waals surface area contributed by atoms with E-state index >= 15 is 0 Å². The summed E-state index contributed by atoms with van der Waals surface area (Å²) in [5, 5.41) is 13.3. The van der Waals surface area contributed by atoms with Crippen LogP contribution in [0.15, 0.2) is 6.20 Å². The third kappa shape index (κ3) is 2.22. The van der Waals surface area contributed by atoms with Crippen LogP contribution in [0, 0.1) is 0 Å². The number of thioether (sulfide) groups is 1. The molecule has 0 unspecified atom stereocenters. The van der Waals surface area contributed by atoms with Crippen molar-refractivity contribution in [1.82, 2.24) is 14.7 Å². The Labute approximate surface area is 109 Å². The van der Waals surface area contributed by atoms with Gasteiger partial charge in [-0.25, -0.2) is 4.79 Å². The Kier molecular flexibility index (Phi) is 3.60. The van der Waals surface area contributed by atoms with Crippen molar-refractivity contribution >= 4 is 23.6 Å². The molecule has 0 radical (unpaired) electrons. The molecule has 1 aliphatic heterocycles. The Morgan fingerprint density at radius 1 is 1.61 bits per heavy atom. The first-order chi connectivity index (χ1) is 8.54. The average Bonchev–Trinajstić information content (AvgIpc) is 2.93. The van der Waals surface area contributed by atoms with Crippen LogP contribution in [0.5, 0.6) is 0 Å². The third-order valence-corrected chi connectivity index (χ3v) is 3.91. The SMILES string of the molecule is CCc1nn(C)cc1C(=O)N1CSC[C@H]1C(=O)O. The lowest BCUT2D eigenvalue weighted by Crippen LogP contribution is -2.41. The minimum Gasteiger partial charge on any atom is -0.480 e. The smallest absolute Gasteiger partial charge is 0.327 e. The molecule has 1 amide bonds.